The minimum Gasteiger partial charge on any atom is -0.447 e. The summed E-state index contributed by atoms with van der Waals surface area (Å²) in [6, 6.07) is 3.54. The van der Waals surface area contributed by atoms with E-state index in [0.29, 0.717) is 5.56 Å². The summed E-state index contributed by atoms with van der Waals surface area (Å²) in [5.74, 6) is 0.190. The average molecular weight is 277 g/mol. The average Bonchev–Trinajstić information content (AvgIpc) is 2.36. The van der Waals surface area contributed by atoms with Crippen LogP contribution in [0.5, 0.6) is 0 Å². The second-order valence-electron chi connectivity index (χ2n) is 4.71. The van der Waals surface area contributed by atoms with Crippen LogP contribution in [0, 0.1) is 20.2 Å². The van der Waals surface area contributed by atoms with E-state index in [1.165, 1.54) is 12.3 Å². The van der Waals surface area contributed by atoms with Gasteiger partial charge in [0.05, 0.1) is 21.6 Å². The van der Waals surface area contributed by atoms with Gasteiger partial charge in [-0.3, -0.25) is 20.2 Å². The minimum absolute atomic E-state index is 0.190. The molecule has 1 aliphatic heterocycles. The van der Waals surface area contributed by atoms with Gasteiger partial charge in [0, 0.05) is 17.7 Å². The third-order valence-corrected chi connectivity index (χ3v) is 2.66. The van der Waals surface area contributed by atoms with Gasteiger partial charge in [-0.1, -0.05) is 0 Å². The molecule has 1 heterocycles. The molecule has 0 radical (unpaired) electrons. The third kappa shape index (κ3) is 2.63. The van der Waals surface area contributed by atoms with Crippen LogP contribution < -0.4 is 0 Å². The van der Waals surface area contributed by atoms with Gasteiger partial charge >= 0.3 is 11.4 Å². The minimum atomic E-state index is -0.800. The van der Waals surface area contributed by atoms with Crippen LogP contribution >= 0.6 is 0 Å². The second kappa shape index (κ2) is 4.72. The fourth-order valence-corrected chi connectivity index (χ4v) is 1.68. The molecular weight excluding hydrogens is 266 g/mol. The Bertz CT molecular complexity index is 648. The Morgan fingerprint density at radius 3 is 2.35 bits per heavy atom. The summed E-state index contributed by atoms with van der Waals surface area (Å²) in [6.07, 6.45) is 3.17. The molecule has 0 spiro atoms. The maximum atomic E-state index is 10.9. The number of rotatable bonds is 3. The molecule has 8 heteroatoms. The van der Waals surface area contributed by atoms with Crippen LogP contribution in [0.3, 0.4) is 0 Å². The zero-order valence-corrected chi connectivity index (χ0v) is 10.8. The fourth-order valence-electron chi connectivity index (χ4n) is 1.68. The Labute approximate surface area is 113 Å². The predicted molar refractivity (Wildman–Crippen MR) is 70.6 cm³/mol. The maximum absolute atomic E-state index is 10.9. The number of aliphatic imine (C=N–C) groups is 1. The van der Waals surface area contributed by atoms with Gasteiger partial charge in [0.1, 0.15) is 0 Å². The summed E-state index contributed by atoms with van der Waals surface area (Å²) < 4.78 is 5.21. The Balaban J connectivity index is 2.50. The monoisotopic (exact) mass is 277 g/mol. The van der Waals surface area contributed by atoms with Crippen molar-refractivity contribution < 1.29 is 14.6 Å². The molecule has 0 atom stereocenters. The summed E-state index contributed by atoms with van der Waals surface area (Å²) in [7, 11) is 0. The van der Waals surface area contributed by atoms with Gasteiger partial charge in [-0.15, -0.1) is 0 Å². The molecule has 8 nitrogen and oxygen atoms in total. The lowest BCUT2D eigenvalue weighted by Crippen LogP contribution is -2.21. The van der Waals surface area contributed by atoms with Crippen molar-refractivity contribution in [1.29, 1.82) is 0 Å². The van der Waals surface area contributed by atoms with E-state index in [1.54, 1.807) is 6.08 Å². The molecule has 0 unspecified atom stereocenters. The van der Waals surface area contributed by atoms with Gasteiger partial charge in [-0.05, 0) is 26.0 Å². The van der Waals surface area contributed by atoms with E-state index in [2.05, 4.69) is 4.99 Å². The molecule has 0 bridgehead atoms. The lowest BCUT2D eigenvalue weighted by molar-refractivity contribution is -0.422. The highest BCUT2D eigenvalue weighted by atomic mass is 16.6. The Kier molecular flexibility index (Phi) is 3.23. The van der Waals surface area contributed by atoms with Gasteiger partial charge in [0.25, 0.3) is 0 Å². The van der Waals surface area contributed by atoms with E-state index >= 15 is 0 Å². The van der Waals surface area contributed by atoms with Crippen molar-refractivity contribution in [3.05, 3.63) is 56.3 Å². The first-order chi connectivity index (χ1) is 9.30. The first-order valence-electron chi connectivity index (χ1n) is 5.67. The van der Waals surface area contributed by atoms with Gasteiger partial charge in [0.15, 0.2) is 0 Å². The summed E-state index contributed by atoms with van der Waals surface area (Å²) in [6.45, 7) is 3.68. The van der Waals surface area contributed by atoms with Crippen molar-refractivity contribution in [2.24, 2.45) is 4.99 Å². The first-order valence-corrected chi connectivity index (χ1v) is 5.67. The highest BCUT2D eigenvalue weighted by Gasteiger charge is 2.27. The molecule has 0 saturated heterocycles. The van der Waals surface area contributed by atoms with Gasteiger partial charge in [-0.2, -0.15) is 0 Å². The highest BCUT2D eigenvalue weighted by Crippen LogP contribution is 2.29. The van der Waals surface area contributed by atoms with Gasteiger partial charge < -0.3 is 4.74 Å². The summed E-state index contributed by atoms with van der Waals surface area (Å²) >= 11 is 0. The van der Waals surface area contributed by atoms with Crippen molar-refractivity contribution in [2.45, 2.75) is 19.4 Å². The zero-order valence-electron chi connectivity index (χ0n) is 10.8. The molecular formula is C12H11N3O5. The lowest BCUT2D eigenvalue weighted by Gasteiger charge is -2.20. The SMILES string of the molecule is CC1(C)C=COC(c2ccc([N+](=O)[O-])c([N+](=O)[O-])c2)=N1. The van der Waals surface area contributed by atoms with Crippen LogP contribution in [-0.2, 0) is 4.74 Å². The van der Waals surface area contributed by atoms with Crippen LogP contribution in [0.25, 0.3) is 0 Å². The number of hydrogen-bond acceptors (Lipinski definition) is 6. The zero-order chi connectivity index (χ0) is 14.9. The molecule has 0 fully saturated rings. The topological polar surface area (TPSA) is 108 Å². The lowest BCUT2D eigenvalue weighted by atomic mass is 10.1. The molecule has 0 saturated carbocycles. The molecule has 2 rings (SSSR count). The van der Waals surface area contributed by atoms with Crippen molar-refractivity contribution in [1.82, 2.24) is 0 Å². The molecule has 0 aliphatic carbocycles. The first kappa shape index (κ1) is 13.7. The summed E-state index contributed by atoms with van der Waals surface area (Å²) in [5.41, 5.74) is -1.33. The summed E-state index contributed by atoms with van der Waals surface area (Å²) in [4.78, 5) is 24.3. The molecule has 0 amide bonds. The van der Waals surface area contributed by atoms with Crippen LogP contribution in [0.1, 0.15) is 19.4 Å². The van der Waals surface area contributed by atoms with E-state index in [9.17, 15) is 20.2 Å². The number of ether oxygens (including phenoxy) is 1. The smallest absolute Gasteiger partial charge is 0.346 e. The van der Waals surface area contributed by atoms with E-state index in [4.69, 9.17) is 4.74 Å². The molecule has 104 valence electrons. The maximum Gasteiger partial charge on any atom is 0.346 e. The van der Waals surface area contributed by atoms with Gasteiger partial charge in [-0.25, -0.2) is 4.99 Å². The number of benzene rings is 1. The van der Waals surface area contributed by atoms with Crippen molar-refractivity contribution in [3.8, 4) is 0 Å². The quantitative estimate of drug-likeness (QED) is 0.623. The van der Waals surface area contributed by atoms with Crippen molar-refractivity contribution in [3.63, 3.8) is 0 Å². The van der Waals surface area contributed by atoms with Crippen molar-refractivity contribution in [2.75, 3.05) is 0 Å². The van der Waals surface area contributed by atoms with E-state index in [-0.39, 0.29) is 5.90 Å². The molecule has 20 heavy (non-hydrogen) atoms. The number of nitro benzene ring substituents is 2. The Morgan fingerprint density at radius 2 is 1.80 bits per heavy atom. The molecule has 0 aromatic heterocycles. The molecule has 0 N–H and O–H groups in total. The Morgan fingerprint density at radius 1 is 1.15 bits per heavy atom. The number of nitro groups is 2. The van der Waals surface area contributed by atoms with Crippen LogP contribution in [0.15, 0.2) is 35.5 Å². The molecule has 1 aromatic rings. The van der Waals surface area contributed by atoms with Crippen LogP contribution in [0.2, 0.25) is 0 Å². The molecule has 1 aliphatic rings. The van der Waals surface area contributed by atoms with E-state index < -0.39 is 26.8 Å². The largest absolute Gasteiger partial charge is 0.447 e. The second-order valence-corrected chi connectivity index (χ2v) is 4.71. The van der Waals surface area contributed by atoms with Gasteiger partial charge in [0.2, 0.25) is 5.90 Å². The number of nitrogens with zero attached hydrogens (tertiary/aromatic N) is 3. The predicted octanol–water partition coefficient (Wildman–Crippen LogP) is 2.57. The third-order valence-electron chi connectivity index (χ3n) is 2.66. The standard InChI is InChI=1S/C12H11N3O5/c1-12(2)5-6-20-11(13-12)8-3-4-9(14(16)17)10(7-8)15(18)19/h3-7H,1-2H3. The Hall–Kier alpha value is -2.77. The summed E-state index contributed by atoms with van der Waals surface area (Å²) in [5, 5.41) is 21.6. The normalized spacial score (nSPS) is 16.2. The number of hydrogen-bond donors (Lipinski definition) is 0. The van der Waals surface area contributed by atoms with E-state index in [1.807, 2.05) is 13.8 Å². The van der Waals surface area contributed by atoms with Crippen molar-refractivity contribution >= 4 is 17.3 Å². The van der Waals surface area contributed by atoms with E-state index in [0.717, 1.165) is 12.1 Å². The highest BCUT2D eigenvalue weighted by molar-refractivity contribution is 5.96. The van der Waals surface area contributed by atoms with Crippen LogP contribution in [-0.4, -0.2) is 21.3 Å². The fraction of sp³-hybridized carbons (Fsp3) is 0.250. The molecule has 1 aromatic carbocycles. The van der Waals surface area contributed by atoms with Crippen LogP contribution in [0.4, 0.5) is 11.4 Å².